The van der Waals surface area contributed by atoms with Crippen molar-refractivity contribution in [3.8, 4) is 0 Å². The maximum Gasteiger partial charge on any atom is 0.0798 e. The third kappa shape index (κ3) is 4.23. The van der Waals surface area contributed by atoms with E-state index >= 15 is 0 Å². The molecule has 0 amide bonds. The molecule has 0 aliphatic heterocycles. The maximum absolute atomic E-state index is 11.5. The minimum Gasteiger partial charge on any atom is -0.304 e. The Morgan fingerprint density at radius 2 is 2.11 bits per heavy atom. The molecule has 19 heavy (non-hydrogen) atoms. The van der Waals surface area contributed by atoms with E-state index < -0.39 is 10.8 Å². The topological polar surface area (TPSA) is 42.0 Å². The van der Waals surface area contributed by atoms with Gasteiger partial charge in [0, 0.05) is 40.3 Å². The summed E-state index contributed by atoms with van der Waals surface area (Å²) in [4.78, 5) is 5.49. The van der Waals surface area contributed by atoms with E-state index in [0.29, 0.717) is 5.75 Å². The number of hydrogen-bond acceptors (Lipinski definition) is 4. The van der Waals surface area contributed by atoms with Crippen molar-refractivity contribution in [1.82, 2.24) is 10.3 Å². The molecule has 0 saturated carbocycles. The lowest BCUT2D eigenvalue weighted by Gasteiger charge is -2.17. The van der Waals surface area contributed by atoms with Gasteiger partial charge >= 0.3 is 0 Å². The zero-order valence-corrected chi connectivity index (χ0v) is 12.8. The van der Waals surface area contributed by atoms with Gasteiger partial charge in [-0.05, 0) is 12.5 Å². The molecule has 1 heterocycles. The number of hydrogen-bond donors (Lipinski definition) is 1. The number of benzene rings is 1. The fraction of sp³-hybridized carbons (Fsp3) is 0.357. The molecule has 2 atom stereocenters. The minimum atomic E-state index is -0.824. The highest BCUT2D eigenvalue weighted by Crippen LogP contribution is 2.17. The molecule has 2 aromatic rings. The lowest BCUT2D eigenvalue weighted by atomic mass is 10.1. The fourth-order valence-corrected chi connectivity index (χ4v) is 3.41. The molecular weight excluding hydrogens is 276 g/mol. The Kier molecular flexibility index (Phi) is 5.24. The summed E-state index contributed by atoms with van der Waals surface area (Å²) in [5.41, 5.74) is 4.11. The molecule has 102 valence electrons. The van der Waals surface area contributed by atoms with Crippen LogP contribution in [0.2, 0.25) is 0 Å². The van der Waals surface area contributed by atoms with Crippen LogP contribution in [0, 0.1) is 6.92 Å². The van der Waals surface area contributed by atoms with Crippen molar-refractivity contribution in [2.24, 2.45) is 0 Å². The molecule has 2 rings (SSSR count). The molecule has 5 heteroatoms. The summed E-state index contributed by atoms with van der Waals surface area (Å²) < 4.78 is 11.5. The lowest BCUT2D eigenvalue weighted by molar-refractivity contribution is 0.576. The summed E-state index contributed by atoms with van der Waals surface area (Å²) in [6.07, 6.45) is 1.75. The highest BCUT2D eigenvalue weighted by Gasteiger charge is 2.13. The summed E-state index contributed by atoms with van der Waals surface area (Å²) in [5.74, 6) is 0.627. The van der Waals surface area contributed by atoms with Gasteiger partial charge in [0.15, 0.2) is 0 Å². The first-order valence-corrected chi connectivity index (χ1v) is 8.75. The van der Waals surface area contributed by atoms with E-state index in [2.05, 4.69) is 22.4 Å². The van der Waals surface area contributed by atoms with Gasteiger partial charge in [-0.2, -0.15) is 0 Å². The second-order valence-electron chi connectivity index (χ2n) is 4.44. The van der Waals surface area contributed by atoms with E-state index in [1.54, 1.807) is 17.6 Å². The average Bonchev–Trinajstić information content (AvgIpc) is 2.81. The van der Waals surface area contributed by atoms with Crippen LogP contribution in [0.1, 0.15) is 22.2 Å². The molecule has 1 N–H and O–H groups in total. The largest absolute Gasteiger partial charge is 0.304 e. The third-order valence-corrected chi connectivity index (χ3v) is 4.70. The molecule has 1 aromatic carbocycles. The zero-order chi connectivity index (χ0) is 13.7. The Morgan fingerprint density at radius 3 is 2.68 bits per heavy atom. The Bertz CT molecular complexity index is 539. The van der Waals surface area contributed by atoms with Crippen molar-refractivity contribution in [2.75, 3.05) is 12.0 Å². The Balaban J connectivity index is 2.06. The summed E-state index contributed by atoms with van der Waals surface area (Å²) in [7, 11) is -0.824. The molecule has 0 saturated heterocycles. The molecule has 0 aliphatic rings. The average molecular weight is 294 g/mol. The van der Waals surface area contributed by atoms with Crippen LogP contribution in [0.25, 0.3) is 0 Å². The van der Waals surface area contributed by atoms with E-state index in [0.717, 1.165) is 12.2 Å². The van der Waals surface area contributed by atoms with Gasteiger partial charge in [0.2, 0.25) is 0 Å². The summed E-state index contributed by atoms with van der Waals surface area (Å²) in [6, 6.07) is 10.3. The molecule has 3 nitrogen and oxygen atoms in total. The second kappa shape index (κ2) is 6.93. The number of nitrogens with zero attached hydrogens (tertiary/aromatic N) is 1. The predicted molar refractivity (Wildman–Crippen MR) is 81.8 cm³/mol. The van der Waals surface area contributed by atoms with Crippen LogP contribution >= 0.6 is 11.3 Å². The first-order chi connectivity index (χ1) is 9.16. The van der Waals surface area contributed by atoms with Gasteiger partial charge < -0.3 is 5.32 Å². The summed E-state index contributed by atoms with van der Waals surface area (Å²) in [6.45, 7) is 2.79. The number of aryl methyl sites for hydroxylation is 1. The van der Waals surface area contributed by atoms with Gasteiger partial charge in [-0.3, -0.25) is 4.21 Å². The van der Waals surface area contributed by atoms with Crippen LogP contribution in [0.4, 0.5) is 0 Å². The van der Waals surface area contributed by atoms with E-state index in [1.165, 1.54) is 10.4 Å². The van der Waals surface area contributed by atoms with Crippen molar-refractivity contribution >= 4 is 22.1 Å². The zero-order valence-electron chi connectivity index (χ0n) is 11.1. The quantitative estimate of drug-likeness (QED) is 0.890. The molecule has 0 bridgehead atoms. The molecule has 0 radical (unpaired) electrons. The molecule has 1 aromatic heterocycles. The molecule has 0 aliphatic carbocycles. The standard InChI is InChI=1S/C14H18N2OS2/c1-11-14(18-10-16-11)8-15-13(9-19(2)17)12-6-4-3-5-7-12/h3-7,10,13,15H,8-9H2,1-2H3/t13-,19-/m1/s1. The highest BCUT2D eigenvalue weighted by molar-refractivity contribution is 7.84. The minimum absolute atomic E-state index is 0.119. The van der Waals surface area contributed by atoms with E-state index in [4.69, 9.17) is 0 Å². The fourth-order valence-electron chi connectivity index (χ4n) is 1.90. The Labute approximate surface area is 120 Å². The van der Waals surface area contributed by atoms with Gasteiger partial charge in [0.1, 0.15) is 0 Å². The van der Waals surface area contributed by atoms with Crippen LogP contribution in [0.3, 0.4) is 0 Å². The molecule has 0 spiro atoms. The van der Waals surface area contributed by atoms with Gasteiger partial charge in [-0.1, -0.05) is 30.3 Å². The third-order valence-electron chi connectivity index (χ3n) is 2.96. The van der Waals surface area contributed by atoms with Gasteiger partial charge in [-0.25, -0.2) is 4.98 Å². The van der Waals surface area contributed by atoms with Crippen molar-refractivity contribution in [1.29, 1.82) is 0 Å². The monoisotopic (exact) mass is 294 g/mol. The van der Waals surface area contributed by atoms with E-state index in [1.807, 2.05) is 30.6 Å². The molecular formula is C14H18N2OS2. The van der Waals surface area contributed by atoms with Crippen LogP contribution < -0.4 is 5.32 Å². The predicted octanol–water partition coefficient (Wildman–Crippen LogP) is 2.66. The van der Waals surface area contributed by atoms with Crippen LogP contribution in [0.5, 0.6) is 0 Å². The first kappa shape index (κ1) is 14.4. The van der Waals surface area contributed by atoms with Crippen molar-refractivity contribution in [3.63, 3.8) is 0 Å². The van der Waals surface area contributed by atoms with Crippen molar-refractivity contribution < 1.29 is 4.21 Å². The van der Waals surface area contributed by atoms with Crippen molar-refractivity contribution in [2.45, 2.75) is 19.5 Å². The van der Waals surface area contributed by atoms with Gasteiger partial charge in [-0.15, -0.1) is 11.3 Å². The number of thiazole rings is 1. The summed E-state index contributed by atoms with van der Waals surface area (Å²) >= 11 is 1.66. The number of aromatic nitrogens is 1. The molecule has 0 unspecified atom stereocenters. The van der Waals surface area contributed by atoms with E-state index in [-0.39, 0.29) is 6.04 Å². The Hall–Kier alpha value is -1.04. The van der Waals surface area contributed by atoms with Gasteiger partial charge in [0.05, 0.1) is 11.2 Å². The summed E-state index contributed by atoms with van der Waals surface area (Å²) in [5, 5.41) is 3.49. The van der Waals surface area contributed by atoms with Crippen LogP contribution in [-0.4, -0.2) is 21.2 Å². The number of rotatable bonds is 6. The van der Waals surface area contributed by atoms with Gasteiger partial charge in [0.25, 0.3) is 0 Å². The normalized spacial score (nSPS) is 14.2. The number of nitrogens with one attached hydrogen (secondary N) is 1. The van der Waals surface area contributed by atoms with Crippen LogP contribution in [0.15, 0.2) is 35.8 Å². The smallest absolute Gasteiger partial charge is 0.0798 e. The second-order valence-corrected chi connectivity index (χ2v) is 6.86. The first-order valence-electron chi connectivity index (χ1n) is 6.14. The maximum atomic E-state index is 11.5. The Morgan fingerprint density at radius 1 is 1.37 bits per heavy atom. The van der Waals surface area contributed by atoms with E-state index in [9.17, 15) is 4.21 Å². The SMILES string of the molecule is Cc1ncsc1CN[C@H](C[S@@](C)=O)c1ccccc1. The highest BCUT2D eigenvalue weighted by atomic mass is 32.2. The van der Waals surface area contributed by atoms with Crippen LogP contribution in [-0.2, 0) is 17.3 Å². The van der Waals surface area contributed by atoms with Crippen molar-refractivity contribution in [3.05, 3.63) is 52.0 Å². The molecule has 0 fully saturated rings. The lowest BCUT2D eigenvalue weighted by Crippen LogP contribution is -2.25.